The number of anilines is 2. The van der Waals surface area contributed by atoms with E-state index in [0.717, 1.165) is 36.2 Å². The van der Waals surface area contributed by atoms with E-state index in [1.807, 2.05) is 18.2 Å². The number of nitrogens with one attached hydrogen (secondary N) is 2. The lowest BCUT2D eigenvalue weighted by molar-refractivity contribution is -0.137. The number of aromatic amines is 1. The van der Waals surface area contributed by atoms with Crippen molar-refractivity contribution in [3.63, 3.8) is 0 Å². The van der Waals surface area contributed by atoms with Gasteiger partial charge < -0.3 is 15.0 Å². The Morgan fingerprint density at radius 3 is 2.57 bits per heavy atom. The molecule has 4 rings (SSSR count). The van der Waals surface area contributed by atoms with Crippen LogP contribution < -0.4 is 10.1 Å². The zero-order chi connectivity index (χ0) is 19.7. The maximum absolute atomic E-state index is 13.0. The molecule has 1 aliphatic carbocycles. The second kappa shape index (κ2) is 7.26. The van der Waals surface area contributed by atoms with Crippen molar-refractivity contribution in [1.82, 2.24) is 4.98 Å². The summed E-state index contributed by atoms with van der Waals surface area (Å²) in [6.07, 6.45) is 0.151. The Hall–Kier alpha value is -2.89. The number of aromatic nitrogens is 1. The van der Waals surface area contributed by atoms with Gasteiger partial charge in [0.2, 0.25) is 0 Å². The highest BCUT2D eigenvalue weighted by Crippen LogP contribution is 2.36. The molecule has 6 heteroatoms. The molecule has 0 atom stereocenters. The van der Waals surface area contributed by atoms with E-state index in [2.05, 4.69) is 16.4 Å². The van der Waals surface area contributed by atoms with Gasteiger partial charge in [-0.2, -0.15) is 13.2 Å². The minimum atomic E-state index is -4.38. The summed E-state index contributed by atoms with van der Waals surface area (Å²) < 4.78 is 44.4. The normalized spacial score (nSPS) is 13.9. The monoisotopic (exact) mass is 386 g/mol. The molecule has 146 valence electrons. The predicted octanol–water partition coefficient (Wildman–Crippen LogP) is 6.33. The van der Waals surface area contributed by atoms with E-state index in [1.165, 1.54) is 30.2 Å². The van der Waals surface area contributed by atoms with Gasteiger partial charge in [-0.05, 0) is 73.7 Å². The van der Waals surface area contributed by atoms with E-state index < -0.39 is 11.7 Å². The van der Waals surface area contributed by atoms with Crippen LogP contribution in [0, 0.1) is 0 Å². The van der Waals surface area contributed by atoms with Gasteiger partial charge in [0.05, 0.1) is 18.4 Å². The van der Waals surface area contributed by atoms with E-state index in [9.17, 15) is 13.2 Å². The van der Waals surface area contributed by atoms with E-state index >= 15 is 0 Å². The van der Waals surface area contributed by atoms with Crippen molar-refractivity contribution in [3.05, 3.63) is 65.4 Å². The average molecular weight is 386 g/mol. The van der Waals surface area contributed by atoms with Crippen molar-refractivity contribution < 1.29 is 17.9 Å². The van der Waals surface area contributed by atoms with Crippen LogP contribution in [0.2, 0.25) is 0 Å². The molecule has 1 aromatic heterocycles. The second-order valence-corrected chi connectivity index (χ2v) is 7.01. The number of hydrogen-bond donors (Lipinski definition) is 2. The number of rotatable bonds is 4. The third-order valence-corrected chi connectivity index (χ3v) is 5.09. The molecule has 0 unspecified atom stereocenters. The quantitative estimate of drug-likeness (QED) is 0.550. The number of H-pyrrole nitrogens is 1. The van der Waals surface area contributed by atoms with Crippen molar-refractivity contribution in [3.8, 4) is 17.0 Å². The summed E-state index contributed by atoms with van der Waals surface area (Å²) in [5, 5.41) is 3.07. The molecular weight excluding hydrogens is 365 g/mol. The summed E-state index contributed by atoms with van der Waals surface area (Å²) in [6.45, 7) is 0. The predicted molar refractivity (Wildman–Crippen MR) is 104 cm³/mol. The summed E-state index contributed by atoms with van der Waals surface area (Å²) in [5.74, 6) is 0.567. The Bertz CT molecular complexity index is 968. The smallest absolute Gasteiger partial charge is 0.416 e. The largest absolute Gasteiger partial charge is 0.495 e. The molecule has 28 heavy (non-hydrogen) atoms. The number of benzene rings is 2. The van der Waals surface area contributed by atoms with Crippen LogP contribution in [0.25, 0.3) is 11.3 Å². The van der Waals surface area contributed by atoms with Crippen molar-refractivity contribution >= 4 is 11.4 Å². The third kappa shape index (κ3) is 3.72. The Balaban J connectivity index is 1.67. The Kier molecular flexibility index (Phi) is 4.79. The summed E-state index contributed by atoms with van der Waals surface area (Å²) in [7, 11) is 1.54. The van der Waals surface area contributed by atoms with Crippen molar-refractivity contribution in [2.45, 2.75) is 31.9 Å². The minimum absolute atomic E-state index is 0.357. The fourth-order valence-electron chi connectivity index (χ4n) is 3.66. The Morgan fingerprint density at radius 2 is 1.82 bits per heavy atom. The summed E-state index contributed by atoms with van der Waals surface area (Å²) in [4.78, 5) is 3.49. The molecule has 0 radical (unpaired) electrons. The van der Waals surface area contributed by atoms with Gasteiger partial charge >= 0.3 is 6.18 Å². The van der Waals surface area contributed by atoms with Crippen molar-refractivity contribution in [2.24, 2.45) is 0 Å². The molecule has 0 spiro atoms. The molecule has 3 nitrogen and oxygen atoms in total. The molecule has 1 heterocycles. The fraction of sp³-hybridized carbons (Fsp3) is 0.273. The van der Waals surface area contributed by atoms with Crippen LogP contribution in [0.3, 0.4) is 0 Å². The fourth-order valence-corrected chi connectivity index (χ4v) is 3.66. The molecule has 0 bridgehead atoms. The first-order valence-corrected chi connectivity index (χ1v) is 9.27. The lowest BCUT2D eigenvalue weighted by Gasteiger charge is -2.14. The number of hydrogen-bond acceptors (Lipinski definition) is 2. The highest BCUT2D eigenvalue weighted by Gasteiger charge is 2.30. The number of fused-ring (bicyclic) bond motifs is 1. The zero-order valence-electron chi connectivity index (χ0n) is 15.5. The van der Waals surface area contributed by atoms with Gasteiger partial charge in [0, 0.05) is 22.6 Å². The first kappa shape index (κ1) is 18.5. The molecule has 0 saturated carbocycles. The SMILES string of the molecule is COc1ccc(-c2cc3c([nH]2)CCCC3)cc1Nc1cccc(C(F)(F)F)c1. The van der Waals surface area contributed by atoms with Gasteiger partial charge in [-0.15, -0.1) is 0 Å². The molecule has 2 N–H and O–H groups in total. The van der Waals surface area contributed by atoms with Gasteiger partial charge in [-0.25, -0.2) is 0 Å². The minimum Gasteiger partial charge on any atom is -0.495 e. The Morgan fingerprint density at radius 1 is 1.00 bits per heavy atom. The third-order valence-electron chi connectivity index (χ3n) is 5.09. The van der Waals surface area contributed by atoms with Gasteiger partial charge in [0.25, 0.3) is 0 Å². The van der Waals surface area contributed by atoms with Gasteiger partial charge in [0.15, 0.2) is 0 Å². The molecule has 3 aromatic rings. The van der Waals surface area contributed by atoms with Crippen LogP contribution in [-0.2, 0) is 19.0 Å². The number of ether oxygens (including phenoxy) is 1. The zero-order valence-corrected chi connectivity index (χ0v) is 15.5. The van der Waals surface area contributed by atoms with Crippen LogP contribution in [-0.4, -0.2) is 12.1 Å². The number of aryl methyl sites for hydroxylation is 2. The van der Waals surface area contributed by atoms with E-state index in [0.29, 0.717) is 17.1 Å². The van der Waals surface area contributed by atoms with Crippen molar-refractivity contribution in [1.29, 1.82) is 0 Å². The highest BCUT2D eigenvalue weighted by atomic mass is 19.4. The number of alkyl halides is 3. The Labute approximate surface area is 161 Å². The van der Waals surface area contributed by atoms with Crippen LogP contribution in [0.4, 0.5) is 24.5 Å². The van der Waals surface area contributed by atoms with Crippen LogP contribution in [0.15, 0.2) is 48.5 Å². The topological polar surface area (TPSA) is 37.0 Å². The highest BCUT2D eigenvalue weighted by molar-refractivity contribution is 5.74. The summed E-state index contributed by atoms with van der Waals surface area (Å²) in [6, 6.07) is 13.0. The van der Waals surface area contributed by atoms with Gasteiger partial charge in [-0.1, -0.05) is 6.07 Å². The molecule has 0 saturated heterocycles. The maximum atomic E-state index is 13.0. The van der Waals surface area contributed by atoms with Crippen molar-refractivity contribution in [2.75, 3.05) is 12.4 Å². The van der Waals surface area contributed by atoms with Gasteiger partial charge in [-0.3, -0.25) is 0 Å². The molecular formula is C22H21F3N2O. The van der Waals surface area contributed by atoms with Gasteiger partial charge in [0.1, 0.15) is 5.75 Å². The van der Waals surface area contributed by atoms with Crippen LogP contribution in [0.5, 0.6) is 5.75 Å². The first-order valence-electron chi connectivity index (χ1n) is 9.27. The van der Waals surface area contributed by atoms with Crippen LogP contribution in [0.1, 0.15) is 29.7 Å². The van der Waals surface area contributed by atoms with E-state index in [4.69, 9.17) is 4.74 Å². The average Bonchev–Trinajstić information content (AvgIpc) is 3.12. The molecule has 0 amide bonds. The lowest BCUT2D eigenvalue weighted by atomic mass is 9.98. The summed E-state index contributed by atoms with van der Waals surface area (Å²) >= 11 is 0. The second-order valence-electron chi connectivity index (χ2n) is 7.01. The lowest BCUT2D eigenvalue weighted by Crippen LogP contribution is -2.05. The van der Waals surface area contributed by atoms with Crippen LogP contribution >= 0.6 is 0 Å². The maximum Gasteiger partial charge on any atom is 0.416 e. The molecule has 0 aliphatic heterocycles. The molecule has 0 fully saturated rings. The summed E-state index contributed by atoms with van der Waals surface area (Å²) in [5.41, 5.74) is 4.90. The van der Waals surface area contributed by atoms with E-state index in [-0.39, 0.29) is 0 Å². The number of methoxy groups -OCH3 is 1. The number of halogens is 3. The molecule has 2 aromatic carbocycles. The first-order chi connectivity index (χ1) is 13.4. The standard InChI is InChI=1S/C22H21F3N2O/c1-28-21-10-9-15(19-11-14-5-2-3-8-18(14)27-19)12-20(21)26-17-7-4-6-16(13-17)22(23,24)25/h4,6-7,9-13,26-27H,2-3,5,8H2,1H3. The molecule has 1 aliphatic rings. The van der Waals surface area contributed by atoms with E-state index in [1.54, 1.807) is 13.2 Å².